The van der Waals surface area contributed by atoms with Gasteiger partial charge in [0.2, 0.25) is 5.56 Å². The van der Waals surface area contributed by atoms with E-state index in [2.05, 4.69) is 20.4 Å². The summed E-state index contributed by atoms with van der Waals surface area (Å²) in [4.78, 5) is 38.3. The molecule has 11 heteroatoms. The van der Waals surface area contributed by atoms with Crippen LogP contribution in [-0.4, -0.2) is 69.4 Å². The number of rotatable bonds is 6. The van der Waals surface area contributed by atoms with Crippen LogP contribution in [0, 0.1) is 6.92 Å². The first-order valence-electron chi connectivity index (χ1n) is 10.3. The molecule has 2 aromatic heterocycles. The van der Waals surface area contributed by atoms with Gasteiger partial charge in [-0.2, -0.15) is 0 Å². The summed E-state index contributed by atoms with van der Waals surface area (Å²) in [5.74, 6) is 0.0738. The first-order chi connectivity index (χ1) is 15.4. The molecule has 32 heavy (non-hydrogen) atoms. The number of amides is 1. The predicted molar refractivity (Wildman–Crippen MR) is 112 cm³/mol. The lowest BCUT2D eigenvalue weighted by Crippen LogP contribution is -2.43. The highest BCUT2D eigenvalue weighted by molar-refractivity contribution is 6.01. The summed E-state index contributed by atoms with van der Waals surface area (Å²) >= 11 is 0. The topological polar surface area (TPSA) is 137 Å². The number of oxime groups is 1. The SMILES string of the molecule is Cc1nc(C(=O)NCc2ccc(=O)n(C)c2)cc(C2=NO[C@H]([C@H]3CO[C@H](CO)CO3)C2)n1. The second-order valence-corrected chi connectivity index (χ2v) is 7.75. The molecule has 2 aliphatic rings. The number of carbonyl (C=O) groups excluding carboxylic acids is 1. The molecule has 2 N–H and O–H groups in total. The Morgan fingerprint density at radius 1 is 1.25 bits per heavy atom. The maximum atomic E-state index is 12.7. The molecule has 0 unspecified atom stereocenters. The molecule has 4 rings (SSSR count). The molecule has 0 saturated carbocycles. The van der Waals surface area contributed by atoms with Gasteiger partial charge in [0, 0.05) is 32.3 Å². The van der Waals surface area contributed by atoms with Gasteiger partial charge >= 0.3 is 0 Å². The Morgan fingerprint density at radius 2 is 2.09 bits per heavy atom. The van der Waals surface area contributed by atoms with Crippen LogP contribution in [0.4, 0.5) is 0 Å². The summed E-state index contributed by atoms with van der Waals surface area (Å²) in [5.41, 5.74) is 2.00. The largest absolute Gasteiger partial charge is 0.394 e. The van der Waals surface area contributed by atoms with Crippen molar-refractivity contribution >= 4 is 11.6 Å². The fourth-order valence-electron chi connectivity index (χ4n) is 3.49. The van der Waals surface area contributed by atoms with Crippen molar-refractivity contribution < 1.29 is 24.2 Å². The third-order valence-electron chi connectivity index (χ3n) is 5.27. The molecule has 3 atom stereocenters. The van der Waals surface area contributed by atoms with Crippen molar-refractivity contribution in [2.75, 3.05) is 19.8 Å². The summed E-state index contributed by atoms with van der Waals surface area (Å²) in [6.07, 6.45) is 1.17. The van der Waals surface area contributed by atoms with Gasteiger partial charge in [0.25, 0.3) is 5.91 Å². The number of hydrogen-bond donors (Lipinski definition) is 2. The van der Waals surface area contributed by atoms with Crippen molar-refractivity contribution in [1.29, 1.82) is 0 Å². The maximum Gasteiger partial charge on any atom is 0.270 e. The molecule has 0 radical (unpaired) electrons. The van der Waals surface area contributed by atoms with Crippen molar-refractivity contribution in [3.05, 3.63) is 57.5 Å². The zero-order chi connectivity index (χ0) is 22.7. The number of hydrogen-bond acceptors (Lipinski definition) is 9. The monoisotopic (exact) mass is 443 g/mol. The maximum absolute atomic E-state index is 12.7. The first kappa shape index (κ1) is 22.1. The van der Waals surface area contributed by atoms with Gasteiger partial charge in [0.05, 0.1) is 25.5 Å². The van der Waals surface area contributed by atoms with Crippen molar-refractivity contribution in [2.24, 2.45) is 12.2 Å². The smallest absolute Gasteiger partial charge is 0.270 e. The van der Waals surface area contributed by atoms with Crippen molar-refractivity contribution in [3.63, 3.8) is 0 Å². The molecular weight excluding hydrogens is 418 g/mol. The molecule has 4 heterocycles. The molecule has 1 amide bonds. The van der Waals surface area contributed by atoms with E-state index in [9.17, 15) is 9.59 Å². The van der Waals surface area contributed by atoms with Crippen LogP contribution in [0.5, 0.6) is 0 Å². The van der Waals surface area contributed by atoms with E-state index >= 15 is 0 Å². The standard InChI is InChI=1S/C21H25N5O6/c1-12-23-15(16-6-18(32-25-16)19-11-30-14(9-27)10-31-19)5-17(24-12)21(29)22-7-13-3-4-20(28)26(2)8-13/h3-5,8,14,18-19,27H,6-7,9-11H2,1-2H3,(H,22,29)/t14-,18+,19-/m1/s1. The molecule has 0 spiro atoms. The van der Waals surface area contributed by atoms with Gasteiger partial charge < -0.3 is 29.3 Å². The summed E-state index contributed by atoms with van der Waals surface area (Å²) in [6, 6.07) is 4.70. The third-order valence-corrected chi connectivity index (χ3v) is 5.27. The van der Waals surface area contributed by atoms with Crippen LogP contribution in [0.2, 0.25) is 0 Å². The molecule has 1 fully saturated rings. The molecule has 0 aliphatic carbocycles. The van der Waals surface area contributed by atoms with Crippen LogP contribution < -0.4 is 10.9 Å². The van der Waals surface area contributed by atoms with Gasteiger partial charge in [-0.25, -0.2) is 9.97 Å². The first-order valence-corrected chi connectivity index (χ1v) is 10.3. The van der Waals surface area contributed by atoms with Crippen LogP contribution in [0.25, 0.3) is 0 Å². The minimum atomic E-state index is -0.360. The van der Waals surface area contributed by atoms with Crippen LogP contribution in [0.1, 0.15) is 34.0 Å². The number of carbonyl (C=O) groups is 1. The fraction of sp³-hybridized carbons (Fsp3) is 0.476. The van der Waals surface area contributed by atoms with Crippen molar-refractivity contribution in [3.8, 4) is 0 Å². The van der Waals surface area contributed by atoms with Crippen LogP contribution >= 0.6 is 0 Å². The fourth-order valence-corrected chi connectivity index (χ4v) is 3.49. The molecule has 2 aliphatic heterocycles. The number of ether oxygens (including phenoxy) is 2. The van der Waals surface area contributed by atoms with E-state index in [1.54, 1.807) is 32.3 Å². The molecular formula is C21H25N5O6. The quantitative estimate of drug-likeness (QED) is 0.620. The molecule has 2 aromatic rings. The van der Waals surface area contributed by atoms with Crippen LogP contribution in [0.15, 0.2) is 34.3 Å². The van der Waals surface area contributed by atoms with E-state index in [4.69, 9.17) is 19.4 Å². The van der Waals surface area contributed by atoms with Crippen LogP contribution in [-0.2, 0) is 27.9 Å². The number of aromatic nitrogens is 3. The number of nitrogens with one attached hydrogen (secondary N) is 1. The van der Waals surface area contributed by atoms with E-state index < -0.39 is 0 Å². The van der Waals surface area contributed by atoms with Crippen LogP contribution in [0.3, 0.4) is 0 Å². The summed E-state index contributed by atoms with van der Waals surface area (Å²) in [6.45, 7) is 2.47. The van der Waals surface area contributed by atoms with E-state index in [-0.39, 0.29) is 48.6 Å². The Morgan fingerprint density at radius 3 is 2.81 bits per heavy atom. The van der Waals surface area contributed by atoms with E-state index in [1.807, 2.05) is 0 Å². The van der Waals surface area contributed by atoms with E-state index in [0.29, 0.717) is 36.9 Å². The Hall–Kier alpha value is -3.15. The number of aliphatic hydroxyl groups is 1. The third kappa shape index (κ3) is 5.01. The molecule has 1 saturated heterocycles. The number of nitrogens with zero attached hydrogens (tertiary/aromatic N) is 4. The van der Waals surface area contributed by atoms with Crippen molar-refractivity contribution in [2.45, 2.75) is 38.2 Å². The van der Waals surface area contributed by atoms with E-state index in [0.717, 1.165) is 5.56 Å². The van der Waals surface area contributed by atoms with Gasteiger partial charge in [-0.3, -0.25) is 9.59 Å². The molecule has 0 aromatic carbocycles. The lowest BCUT2D eigenvalue weighted by molar-refractivity contribution is -0.178. The highest BCUT2D eigenvalue weighted by atomic mass is 16.7. The second-order valence-electron chi connectivity index (χ2n) is 7.75. The zero-order valence-electron chi connectivity index (χ0n) is 17.9. The summed E-state index contributed by atoms with van der Waals surface area (Å²) < 4.78 is 12.7. The van der Waals surface area contributed by atoms with Crippen molar-refractivity contribution in [1.82, 2.24) is 19.9 Å². The minimum absolute atomic E-state index is 0.0898. The van der Waals surface area contributed by atoms with Gasteiger partial charge in [-0.05, 0) is 18.6 Å². The average molecular weight is 443 g/mol. The Bertz CT molecular complexity index is 1080. The Kier molecular flexibility index (Phi) is 6.58. The second kappa shape index (κ2) is 9.55. The van der Waals surface area contributed by atoms with Gasteiger partial charge in [-0.1, -0.05) is 11.2 Å². The van der Waals surface area contributed by atoms with Gasteiger partial charge in [0.15, 0.2) is 6.10 Å². The lowest BCUT2D eigenvalue weighted by Gasteiger charge is -2.30. The zero-order valence-corrected chi connectivity index (χ0v) is 17.9. The highest BCUT2D eigenvalue weighted by Crippen LogP contribution is 2.23. The number of aliphatic hydroxyl groups excluding tert-OH is 1. The van der Waals surface area contributed by atoms with E-state index in [1.165, 1.54) is 10.6 Å². The molecule has 11 nitrogen and oxygen atoms in total. The predicted octanol–water partition coefficient (Wildman–Crippen LogP) is -0.317. The number of pyridine rings is 1. The molecule has 0 bridgehead atoms. The van der Waals surface area contributed by atoms with Gasteiger partial charge in [0.1, 0.15) is 29.4 Å². The Balaban J connectivity index is 1.39. The number of aryl methyl sites for hydroxylation is 2. The lowest BCUT2D eigenvalue weighted by atomic mass is 10.0. The molecule has 170 valence electrons. The highest BCUT2D eigenvalue weighted by Gasteiger charge is 2.35. The summed E-state index contributed by atoms with van der Waals surface area (Å²) in [5, 5.41) is 16.1. The summed E-state index contributed by atoms with van der Waals surface area (Å²) in [7, 11) is 1.65. The van der Waals surface area contributed by atoms with Gasteiger partial charge in [-0.15, -0.1) is 0 Å². The minimum Gasteiger partial charge on any atom is -0.394 e. The normalized spacial score (nSPS) is 22.8. The Labute approximate surface area is 184 Å². The average Bonchev–Trinajstić information content (AvgIpc) is 3.30.